The highest BCUT2D eigenvalue weighted by molar-refractivity contribution is 6.03. The molecule has 0 saturated carbocycles. The molecule has 1 amide bonds. The van der Waals surface area contributed by atoms with E-state index in [-0.39, 0.29) is 17.2 Å². The number of carbonyl (C=O) groups is 2. The van der Waals surface area contributed by atoms with Gasteiger partial charge in [-0.25, -0.2) is 4.79 Å². The van der Waals surface area contributed by atoms with Crippen LogP contribution in [0.15, 0.2) is 12.4 Å². The van der Waals surface area contributed by atoms with Crippen LogP contribution in [0, 0.1) is 6.92 Å². The van der Waals surface area contributed by atoms with Crippen molar-refractivity contribution in [2.75, 3.05) is 26.2 Å². The standard InChI is InChI=1S/C16H22N6O3/c1-11-12(8-17-19(11)2)10-21-4-6-22(7-5-21)15(23)13-9-18-20(3)14(13)16(24)25/h8-9H,4-7,10H2,1-3H3,(H,24,25). The van der Waals surface area contributed by atoms with Crippen LogP contribution in [-0.4, -0.2) is 72.5 Å². The first-order chi connectivity index (χ1) is 11.9. The van der Waals surface area contributed by atoms with Gasteiger partial charge in [0.15, 0.2) is 5.69 Å². The Bertz CT molecular complexity index is 801. The van der Waals surface area contributed by atoms with E-state index >= 15 is 0 Å². The second kappa shape index (κ2) is 6.67. The Labute approximate surface area is 145 Å². The number of amides is 1. The van der Waals surface area contributed by atoms with E-state index in [1.165, 1.54) is 23.5 Å². The van der Waals surface area contributed by atoms with Gasteiger partial charge in [-0.15, -0.1) is 0 Å². The average molecular weight is 346 g/mol. The van der Waals surface area contributed by atoms with Crippen molar-refractivity contribution >= 4 is 11.9 Å². The molecule has 134 valence electrons. The minimum absolute atomic E-state index is 0.0709. The fourth-order valence-electron chi connectivity index (χ4n) is 3.07. The summed E-state index contributed by atoms with van der Waals surface area (Å²) < 4.78 is 3.07. The molecule has 2 aromatic heterocycles. The Hall–Kier alpha value is -2.68. The summed E-state index contributed by atoms with van der Waals surface area (Å²) in [5.41, 5.74) is 2.40. The second-order valence-corrected chi connectivity index (χ2v) is 6.28. The molecular weight excluding hydrogens is 324 g/mol. The van der Waals surface area contributed by atoms with E-state index in [1.54, 1.807) is 4.90 Å². The van der Waals surface area contributed by atoms with Gasteiger partial charge in [-0.1, -0.05) is 0 Å². The Morgan fingerprint density at radius 2 is 1.72 bits per heavy atom. The van der Waals surface area contributed by atoms with Crippen LogP contribution in [0.4, 0.5) is 0 Å². The molecule has 1 aliphatic rings. The van der Waals surface area contributed by atoms with E-state index in [0.29, 0.717) is 13.1 Å². The van der Waals surface area contributed by atoms with E-state index < -0.39 is 5.97 Å². The molecule has 9 heteroatoms. The number of aromatic carboxylic acids is 1. The van der Waals surface area contributed by atoms with Crippen molar-refractivity contribution in [3.05, 3.63) is 34.9 Å². The number of aryl methyl sites for hydroxylation is 2. The lowest BCUT2D eigenvalue weighted by molar-refractivity contribution is 0.0605. The molecule has 3 heterocycles. The molecule has 0 bridgehead atoms. The van der Waals surface area contributed by atoms with Crippen LogP contribution >= 0.6 is 0 Å². The van der Waals surface area contributed by atoms with Gasteiger partial charge in [0, 0.05) is 58.1 Å². The van der Waals surface area contributed by atoms with E-state index in [9.17, 15) is 14.7 Å². The Kier molecular flexibility index (Phi) is 4.58. The molecule has 3 rings (SSSR count). The van der Waals surface area contributed by atoms with Crippen molar-refractivity contribution in [3.63, 3.8) is 0 Å². The molecule has 0 aliphatic carbocycles. The van der Waals surface area contributed by atoms with Crippen molar-refractivity contribution in [1.29, 1.82) is 0 Å². The highest BCUT2D eigenvalue weighted by atomic mass is 16.4. The summed E-state index contributed by atoms with van der Waals surface area (Å²) >= 11 is 0. The van der Waals surface area contributed by atoms with Gasteiger partial charge in [0.25, 0.3) is 5.91 Å². The topological polar surface area (TPSA) is 96.5 Å². The van der Waals surface area contributed by atoms with Crippen LogP contribution in [-0.2, 0) is 20.6 Å². The van der Waals surface area contributed by atoms with Crippen molar-refractivity contribution in [1.82, 2.24) is 29.4 Å². The summed E-state index contributed by atoms with van der Waals surface area (Å²) in [6.45, 7) is 5.44. The maximum absolute atomic E-state index is 12.6. The zero-order valence-corrected chi connectivity index (χ0v) is 14.6. The molecule has 0 spiro atoms. The summed E-state index contributed by atoms with van der Waals surface area (Å²) in [5.74, 6) is -1.42. The Morgan fingerprint density at radius 3 is 2.28 bits per heavy atom. The third-order valence-electron chi connectivity index (χ3n) is 4.76. The largest absolute Gasteiger partial charge is 0.477 e. The van der Waals surface area contributed by atoms with Crippen molar-refractivity contribution in [3.8, 4) is 0 Å². The first-order valence-electron chi connectivity index (χ1n) is 8.13. The number of carboxylic acid groups (broad SMARTS) is 1. The van der Waals surface area contributed by atoms with E-state index in [1.807, 2.05) is 24.9 Å². The lowest BCUT2D eigenvalue weighted by Gasteiger charge is -2.34. The highest BCUT2D eigenvalue weighted by Gasteiger charge is 2.28. The molecule has 25 heavy (non-hydrogen) atoms. The van der Waals surface area contributed by atoms with Gasteiger partial charge in [0.1, 0.15) is 0 Å². The lowest BCUT2D eigenvalue weighted by atomic mass is 10.2. The SMILES string of the molecule is Cc1c(CN2CCN(C(=O)c3cnn(C)c3C(=O)O)CC2)cnn1C. The summed E-state index contributed by atoms with van der Waals surface area (Å²) in [6.07, 6.45) is 3.21. The third kappa shape index (κ3) is 3.27. The monoisotopic (exact) mass is 346 g/mol. The molecule has 1 saturated heterocycles. The number of hydrogen-bond donors (Lipinski definition) is 1. The molecular formula is C16H22N6O3. The zero-order chi connectivity index (χ0) is 18.1. The van der Waals surface area contributed by atoms with Gasteiger partial charge in [-0.3, -0.25) is 19.1 Å². The van der Waals surface area contributed by atoms with Crippen LogP contribution in [0.2, 0.25) is 0 Å². The normalized spacial score (nSPS) is 15.6. The summed E-state index contributed by atoms with van der Waals surface area (Å²) in [6, 6.07) is 0. The van der Waals surface area contributed by atoms with Gasteiger partial charge in [-0.2, -0.15) is 10.2 Å². The summed E-state index contributed by atoms with van der Waals surface area (Å²) in [7, 11) is 3.44. The predicted octanol–water partition coefficient (Wildman–Crippen LogP) is 0.118. The first kappa shape index (κ1) is 17.2. The van der Waals surface area contributed by atoms with Gasteiger partial charge in [0.2, 0.25) is 0 Å². The summed E-state index contributed by atoms with van der Waals surface area (Å²) in [4.78, 5) is 27.9. The van der Waals surface area contributed by atoms with Gasteiger partial charge < -0.3 is 10.0 Å². The average Bonchev–Trinajstić information content (AvgIpc) is 3.12. The number of aromatic nitrogens is 4. The van der Waals surface area contributed by atoms with Crippen LogP contribution in [0.3, 0.4) is 0 Å². The molecule has 0 aromatic carbocycles. The lowest BCUT2D eigenvalue weighted by Crippen LogP contribution is -2.48. The quantitative estimate of drug-likeness (QED) is 0.845. The fraction of sp³-hybridized carbons (Fsp3) is 0.500. The maximum atomic E-state index is 12.6. The fourth-order valence-corrected chi connectivity index (χ4v) is 3.07. The number of rotatable bonds is 4. The summed E-state index contributed by atoms with van der Waals surface area (Å²) in [5, 5.41) is 17.4. The molecule has 0 radical (unpaired) electrons. The van der Waals surface area contributed by atoms with Gasteiger partial charge in [0.05, 0.1) is 18.0 Å². The third-order valence-corrected chi connectivity index (χ3v) is 4.76. The van der Waals surface area contributed by atoms with Gasteiger partial charge >= 0.3 is 5.97 Å². The smallest absolute Gasteiger partial charge is 0.354 e. The second-order valence-electron chi connectivity index (χ2n) is 6.28. The molecule has 0 atom stereocenters. The van der Waals surface area contributed by atoms with E-state index in [0.717, 1.165) is 25.3 Å². The number of carboxylic acids is 1. The Morgan fingerprint density at radius 1 is 1.08 bits per heavy atom. The first-order valence-corrected chi connectivity index (χ1v) is 8.13. The number of hydrogen-bond acceptors (Lipinski definition) is 5. The van der Waals surface area contributed by atoms with Crippen molar-refractivity contribution in [2.45, 2.75) is 13.5 Å². The maximum Gasteiger partial charge on any atom is 0.354 e. The number of carbonyl (C=O) groups excluding carboxylic acids is 1. The van der Waals surface area contributed by atoms with Gasteiger partial charge in [-0.05, 0) is 6.92 Å². The molecule has 1 N–H and O–H groups in total. The molecule has 2 aromatic rings. The minimum atomic E-state index is -1.14. The predicted molar refractivity (Wildman–Crippen MR) is 89.3 cm³/mol. The molecule has 1 aliphatic heterocycles. The molecule has 1 fully saturated rings. The van der Waals surface area contributed by atoms with Crippen LogP contribution < -0.4 is 0 Å². The number of nitrogens with zero attached hydrogens (tertiary/aromatic N) is 6. The van der Waals surface area contributed by atoms with Crippen LogP contribution in [0.5, 0.6) is 0 Å². The highest BCUT2D eigenvalue weighted by Crippen LogP contribution is 2.15. The van der Waals surface area contributed by atoms with E-state index in [4.69, 9.17) is 0 Å². The van der Waals surface area contributed by atoms with E-state index in [2.05, 4.69) is 15.1 Å². The van der Waals surface area contributed by atoms with Crippen molar-refractivity contribution in [2.24, 2.45) is 14.1 Å². The van der Waals surface area contributed by atoms with Crippen molar-refractivity contribution < 1.29 is 14.7 Å². The molecule has 9 nitrogen and oxygen atoms in total. The zero-order valence-electron chi connectivity index (χ0n) is 14.6. The molecule has 0 unspecified atom stereocenters. The minimum Gasteiger partial charge on any atom is -0.477 e. The number of piperazine rings is 1. The van der Waals surface area contributed by atoms with Crippen LogP contribution in [0.25, 0.3) is 0 Å². The van der Waals surface area contributed by atoms with Crippen LogP contribution in [0.1, 0.15) is 32.1 Å². The Balaban J connectivity index is 1.63.